The second-order valence-corrected chi connectivity index (χ2v) is 4.74. The first kappa shape index (κ1) is 13.7. The number of rotatable bonds is 2. The number of carboxylic acids is 1. The van der Waals surface area contributed by atoms with E-state index in [0.717, 1.165) is 12.1 Å². The van der Waals surface area contributed by atoms with Crippen molar-refractivity contribution in [1.29, 1.82) is 0 Å². The van der Waals surface area contributed by atoms with Gasteiger partial charge in [-0.15, -0.1) is 0 Å². The van der Waals surface area contributed by atoms with Crippen molar-refractivity contribution >= 4 is 11.7 Å². The molecule has 3 nitrogen and oxygen atoms in total. The lowest BCUT2D eigenvalue weighted by Crippen LogP contribution is -2.36. The molecule has 1 aliphatic rings. The molecule has 1 aromatic carbocycles. The maximum Gasteiger partial charge on any atom is 0.416 e. The molecule has 6 heteroatoms. The average Bonchev–Trinajstić information content (AvgIpc) is 2.75. The minimum absolute atomic E-state index is 0.331. The molecule has 1 saturated heterocycles. The van der Waals surface area contributed by atoms with E-state index in [0.29, 0.717) is 30.6 Å². The van der Waals surface area contributed by atoms with Crippen molar-refractivity contribution in [2.75, 3.05) is 11.4 Å². The number of alkyl halides is 3. The molecule has 0 saturated carbocycles. The molecule has 0 aromatic heterocycles. The Morgan fingerprint density at radius 2 is 2.05 bits per heavy atom. The van der Waals surface area contributed by atoms with Crippen LogP contribution in [0.3, 0.4) is 0 Å². The number of hydrogen-bond acceptors (Lipinski definition) is 2. The third-order valence-electron chi connectivity index (χ3n) is 3.26. The van der Waals surface area contributed by atoms with Crippen molar-refractivity contribution in [3.05, 3.63) is 29.3 Å². The number of hydrogen-bond donors (Lipinski definition) is 1. The summed E-state index contributed by atoms with van der Waals surface area (Å²) in [5.74, 6) is -0.993. The summed E-state index contributed by atoms with van der Waals surface area (Å²) in [6, 6.07) is 2.95. The van der Waals surface area contributed by atoms with Gasteiger partial charge in [-0.05, 0) is 43.5 Å². The molecule has 1 aliphatic heterocycles. The van der Waals surface area contributed by atoms with Crippen LogP contribution in [0.4, 0.5) is 18.9 Å². The normalized spacial score (nSPS) is 19.8. The molecule has 1 N–H and O–H groups in total. The SMILES string of the molecule is Cc1cc(N2CCCC2C(=O)O)cc(C(F)(F)F)c1. The number of aliphatic carboxylic acids is 1. The lowest BCUT2D eigenvalue weighted by atomic mass is 10.1. The summed E-state index contributed by atoms with van der Waals surface area (Å²) >= 11 is 0. The highest BCUT2D eigenvalue weighted by Crippen LogP contribution is 2.34. The molecule has 1 aromatic rings. The number of nitrogens with zero attached hydrogens (tertiary/aromatic N) is 1. The molecule has 0 bridgehead atoms. The van der Waals surface area contributed by atoms with Gasteiger partial charge in [-0.25, -0.2) is 4.79 Å². The van der Waals surface area contributed by atoms with Gasteiger partial charge in [0, 0.05) is 12.2 Å². The first-order chi connectivity index (χ1) is 8.79. The highest BCUT2D eigenvalue weighted by atomic mass is 19.4. The molecule has 19 heavy (non-hydrogen) atoms. The predicted octanol–water partition coefficient (Wildman–Crippen LogP) is 3.07. The van der Waals surface area contributed by atoms with Crippen LogP contribution in [-0.2, 0) is 11.0 Å². The molecular formula is C13H14F3NO2. The van der Waals surface area contributed by atoms with Gasteiger partial charge in [0.2, 0.25) is 0 Å². The molecule has 0 spiro atoms. The van der Waals surface area contributed by atoms with Gasteiger partial charge in [0.05, 0.1) is 5.56 Å². The highest BCUT2D eigenvalue weighted by Gasteiger charge is 2.34. The van der Waals surface area contributed by atoms with E-state index in [1.54, 1.807) is 13.0 Å². The van der Waals surface area contributed by atoms with Gasteiger partial charge in [-0.3, -0.25) is 0 Å². The maximum absolute atomic E-state index is 12.8. The Hall–Kier alpha value is -1.72. The van der Waals surface area contributed by atoms with Crippen LogP contribution in [0.2, 0.25) is 0 Å². The quantitative estimate of drug-likeness (QED) is 0.900. The molecule has 104 valence electrons. The number of carboxylic acid groups (broad SMARTS) is 1. The first-order valence-electron chi connectivity index (χ1n) is 5.97. The molecule has 0 aliphatic carbocycles. The minimum atomic E-state index is -4.42. The van der Waals surface area contributed by atoms with E-state index in [4.69, 9.17) is 5.11 Å². The Bertz CT molecular complexity index is 499. The van der Waals surface area contributed by atoms with Crippen LogP contribution in [0.5, 0.6) is 0 Å². The second kappa shape index (κ2) is 4.75. The van der Waals surface area contributed by atoms with Crippen LogP contribution in [-0.4, -0.2) is 23.7 Å². The van der Waals surface area contributed by atoms with E-state index in [1.807, 2.05) is 0 Å². The van der Waals surface area contributed by atoms with E-state index in [-0.39, 0.29) is 0 Å². The Labute approximate surface area is 108 Å². The van der Waals surface area contributed by atoms with Crippen molar-refractivity contribution in [2.24, 2.45) is 0 Å². The Morgan fingerprint density at radius 3 is 2.63 bits per heavy atom. The zero-order valence-electron chi connectivity index (χ0n) is 10.4. The van der Waals surface area contributed by atoms with Crippen LogP contribution in [0.15, 0.2) is 18.2 Å². The van der Waals surface area contributed by atoms with E-state index in [1.165, 1.54) is 4.90 Å². The van der Waals surface area contributed by atoms with Crippen molar-refractivity contribution in [3.8, 4) is 0 Å². The molecule has 0 amide bonds. The first-order valence-corrected chi connectivity index (χ1v) is 5.97. The van der Waals surface area contributed by atoms with Crippen LogP contribution in [0, 0.1) is 6.92 Å². The van der Waals surface area contributed by atoms with Crippen LogP contribution in [0.1, 0.15) is 24.0 Å². The summed E-state index contributed by atoms with van der Waals surface area (Å²) in [6.45, 7) is 2.04. The topological polar surface area (TPSA) is 40.5 Å². The summed E-state index contributed by atoms with van der Waals surface area (Å²) in [5.41, 5.74) is 0.0663. The van der Waals surface area contributed by atoms with Crippen LogP contribution >= 0.6 is 0 Å². The monoisotopic (exact) mass is 273 g/mol. The number of anilines is 1. The highest BCUT2D eigenvalue weighted by molar-refractivity contribution is 5.79. The fourth-order valence-electron chi connectivity index (χ4n) is 2.42. The number of benzene rings is 1. The summed E-state index contributed by atoms with van der Waals surface area (Å²) in [7, 11) is 0. The Balaban J connectivity index is 2.40. The predicted molar refractivity (Wildman–Crippen MR) is 64.2 cm³/mol. The smallest absolute Gasteiger partial charge is 0.416 e. The summed E-state index contributed by atoms with van der Waals surface area (Å²) in [6.07, 6.45) is -3.28. The van der Waals surface area contributed by atoms with Gasteiger partial charge in [0.25, 0.3) is 0 Å². The van der Waals surface area contributed by atoms with Gasteiger partial charge in [0.15, 0.2) is 0 Å². The minimum Gasteiger partial charge on any atom is -0.480 e. The number of halogens is 3. The van der Waals surface area contributed by atoms with Crippen LogP contribution < -0.4 is 4.90 Å². The standard InChI is InChI=1S/C13H14F3NO2/c1-8-5-9(13(14,15)16)7-10(6-8)17-4-2-3-11(17)12(18)19/h5-7,11H,2-4H2,1H3,(H,18,19). The third-order valence-corrected chi connectivity index (χ3v) is 3.26. The molecule has 1 fully saturated rings. The Kier molecular flexibility index (Phi) is 3.43. The molecule has 0 radical (unpaired) electrons. The van der Waals surface area contributed by atoms with Gasteiger partial charge < -0.3 is 10.0 Å². The van der Waals surface area contributed by atoms with Gasteiger partial charge in [0.1, 0.15) is 6.04 Å². The van der Waals surface area contributed by atoms with Crippen molar-refractivity contribution in [3.63, 3.8) is 0 Å². The number of aryl methyl sites for hydroxylation is 1. The van der Waals surface area contributed by atoms with Crippen molar-refractivity contribution in [1.82, 2.24) is 0 Å². The van der Waals surface area contributed by atoms with Crippen LogP contribution in [0.25, 0.3) is 0 Å². The summed E-state index contributed by atoms with van der Waals surface area (Å²) in [4.78, 5) is 12.6. The average molecular weight is 273 g/mol. The second-order valence-electron chi connectivity index (χ2n) is 4.74. The van der Waals surface area contributed by atoms with Crippen molar-refractivity contribution in [2.45, 2.75) is 32.0 Å². The van der Waals surface area contributed by atoms with Crippen molar-refractivity contribution < 1.29 is 23.1 Å². The lowest BCUT2D eigenvalue weighted by Gasteiger charge is -2.25. The van der Waals surface area contributed by atoms with E-state index < -0.39 is 23.8 Å². The van der Waals surface area contributed by atoms with E-state index in [2.05, 4.69) is 0 Å². The number of carbonyl (C=O) groups is 1. The summed E-state index contributed by atoms with van der Waals surface area (Å²) < 4.78 is 38.3. The fourth-order valence-corrected chi connectivity index (χ4v) is 2.42. The molecule has 1 heterocycles. The van der Waals surface area contributed by atoms with Gasteiger partial charge >= 0.3 is 12.1 Å². The third kappa shape index (κ3) is 2.83. The summed E-state index contributed by atoms with van der Waals surface area (Å²) in [5, 5.41) is 9.08. The Morgan fingerprint density at radius 1 is 1.37 bits per heavy atom. The largest absolute Gasteiger partial charge is 0.480 e. The van der Waals surface area contributed by atoms with Gasteiger partial charge in [-0.2, -0.15) is 13.2 Å². The maximum atomic E-state index is 12.8. The zero-order chi connectivity index (χ0) is 14.2. The fraction of sp³-hybridized carbons (Fsp3) is 0.462. The molecule has 1 unspecified atom stereocenters. The van der Waals surface area contributed by atoms with E-state index in [9.17, 15) is 18.0 Å². The lowest BCUT2D eigenvalue weighted by molar-refractivity contribution is -0.138. The van der Waals surface area contributed by atoms with Gasteiger partial charge in [-0.1, -0.05) is 0 Å². The molecule has 2 rings (SSSR count). The molecular weight excluding hydrogens is 259 g/mol. The zero-order valence-corrected chi connectivity index (χ0v) is 10.4. The van der Waals surface area contributed by atoms with E-state index >= 15 is 0 Å². The molecule has 1 atom stereocenters.